The molecular weight excluding hydrogens is 222 g/mol. The summed E-state index contributed by atoms with van der Waals surface area (Å²) in [6.07, 6.45) is 6.71. The Kier molecular flexibility index (Phi) is 5.46. The second-order valence-corrected chi connectivity index (χ2v) is 6.16. The van der Waals surface area contributed by atoms with Crippen LogP contribution in [0.25, 0.3) is 0 Å². The van der Waals surface area contributed by atoms with Gasteiger partial charge in [-0.25, -0.2) is 0 Å². The molecule has 0 bridgehead atoms. The van der Waals surface area contributed by atoms with Gasteiger partial charge >= 0.3 is 0 Å². The van der Waals surface area contributed by atoms with E-state index in [0.717, 1.165) is 18.1 Å². The maximum absolute atomic E-state index is 3.70. The number of likely N-dealkylation sites (N-methyl/N-ethyl adjacent to an activating group) is 1. The number of hydrogen-bond donors (Lipinski definition) is 1. The van der Waals surface area contributed by atoms with Gasteiger partial charge in [-0.3, -0.25) is 4.90 Å². The highest BCUT2D eigenvalue weighted by molar-refractivity contribution is 4.90. The molecule has 1 saturated heterocycles. The Labute approximate surface area is 113 Å². The molecule has 0 aromatic heterocycles. The molecule has 3 heteroatoms. The number of nitrogens with one attached hydrogen (secondary N) is 1. The van der Waals surface area contributed by atoms with Gasteiger partial charge < -0.3 is 10.2 Å². The number of nitrogens with zero attached hydrogens (tertiary/aromatic N) is 2. The molecule has 3 unspecified atom stereocenters. The standard InChI is InChI=1S/C15H31N3/c1-4-8-16-13-6-7-15(11-13)18-10-9-17(3)14(5-2)12-18/h13-16H,4-12H2,1-3H3. The molecule has 0 spiro atoms. The molecule has 3 atom stereocenters. The van der Waals surface area contributed by atoms with Crippen LogP contribution < -0.4 is 5.32 Å². The zero-order valence-corrected chi connectivity index (χ0v) is 12.5. The molecule has 2 fully saturated rings. The highest BCUT2D eigenvalue weighted by atomic mass is 15.3. The fraction of sp³-hybridized carbons (Fsp3) is 1.00. The molecule has 2 aliphatic rings. The Bertz CT molecular complexity index is 244. The van der Waals surface area contributed by atoms with Crippen molar-refractivity contribution in [1.29, 1.82) is 0 Å². The Morgan fingerprint density at radius 3 is 2.72 bits per heavy atom. The molecule has 0 aromatic carbocycles. The molecular formula is C15H31N3. The van der Waals surface area contributed by atoms with Gasteiger partial charge in [0, 0.05) is 37.8 Å². The average Bonchev–Trinajstić information content (AvgIpc) is 2.85. The Morgan fingerprint density at radius 1 is 1.17 bits per heavy atom. The molecule has 1 aliphatic heterocycles. The topological polar surface area (TPSA) is 18.5 Å². The summed E-state index contributed by atoms with van der Waals surface area (Å²) in [6.45, 7) is 9.59. The van der Waals surface area contributed by atoms with Crippen LogP contribution in [-0.4, -0.2) is 61.2 Å². The number of rotatable bonds is 5. The van der Waals surface area contributed by atoms with E-state index < -0.39 is 0 Å². The van der Waals surface area contributed by atoms with E-state index in [0.29, 0.717) is 0 Å². The van der Waals surface area contributed by atoms with Crippen LogP contribution in [0.2, 0.25) is 0 Å². The molecule has 0 radical (unpaired) electrons. The van der Waals surface area contributed by atoms with E-state index in [4.69, 9.17) is 0 Å². The Balaban J connectivity index is 1.79. The van der Waals surface area contributed by atoms with Crippen molar-refractivity contribution in [2.24, 2.45) is 0 Å². The largest absolute Gasteiger partial charge is 0.314 e. The zero-order valence-electron chi connectivity index (χ0n) is 12.5. The van der Waals surface area contributed by atoms with E-state index >= 15 is 0 Å². The van der Waals surface area contributed by atoms with Crippen LogP contribution in [0.15, 0.2) is 0 Å². The van der Waals surface area contributed by atoms with Crippen LogP contribution >= 0.6 is 0 Å². The summed E-state index contributed by atoms with van der Waals surface area (Å²) in [5.41, 5.74) is 0. The van der Waals surface area contributed by atoms with Crippen LogP contribution in [-0.2, 0) is 0 Å². The first-order chi connectivity index (χ1) is 8.74. The van der Waals surface area contributed by atoms with Gasteiger partial charge in [0.2, 0.25) is 0 Å². The van der Waals surface area contributed by atoms with E-state index in [2.05, 4.69) is 36.0 Å². The second-order valence-electron chi connectivity index (χ2n) is 6.16. The van der Waals surface area contributed by atoms with Crippen molar-refractivity contribution in [1.82, 2.24) is 15.1 Å². The van der Waals surface area contributed by atoms with Gasteiger partial charge in [0.25, 0.3) is 0 Å². The summed E-state index contributed by atoms with van der Waals surface area (Å²) in [4.78, 5) is 5.31. The highest BCUT2D eigenvalue weighted by Gasteiger charge is 2.32. The molecule has 1 N–H and O–H groups in total. The minimum absolute atomic E-state index is 0.779. The van der Waals surface area contributed by atoms with Gasteiger partial charge in [-0.15, -0.1) is 0 Å². The van der Waals surface area contributed by atoms with Crippen molar-refractivity contribution in [2.45, 2.75) is 64.1 Å². The lowest BCUT2D eigenvalue weighted by Crippen LogP contribution is -2.54. The van der Waals surface area contributed by atoms with Crippen molar-refractivity contribution < 1.29 is 0 Å². The second kappa shape index (κ2) is 6.88. The maximum atomic E-state index is 3.70. The van der Waals surface area contributed by atoms with Crippen molar-refractivity contribution >= 4 is 0 Å². The maximum Gasteiger partial charge on any atom is 0.0218 e. The molecule has 1 saturated carbocycles. The minimum Gasteiger partial charge on any atom is -0.314 e. The normalized spacial score (nSPS) is 35.2. The van der Waals surface area contributed by atoms with Gasteiger partial charge in [-0.1, -0.05) is 13.8 Å². The lowest BCUT2D eigenvalue weighted by molar-refractivity contribution is 0.0635. The molecule has 2 rings (SSSR count). The van der Waals surface area contributed by atoms with Crippen LogP contribution in [0.5, 0.6) is 0 Å². The van der Waals surface area contributed by atoms with Gasteiger partial charge in [0.15, 0.2) is 0 Å². The van der Waals surface area contributed by atoms with Crippen LogP contribution in [0.4, 0.5) is 0 Å². The molecule has 1 aliphatic carbocycles. The smallest absolute Gasteiger partial charge is 0.0218 e. The molecule has 3 nitrogen and oxygen atoms in total. The predicted octanol–water partition coefficient (Wildman–Crippen LogP) is 1.93. The van der Waals surface area contributed by atoms with Crippen molar-refractivity contribution in [3.63, 3.8) is 0 Å². The van der Waals surface area contributed by atoms with Crippen molar-refractivity contribution in [3.05, 3.63) is 0 Å². The number of piperazine rings is 1. The average molecular weight is 253 g/mol. The van der Waals surface area contributed by atoms with Crippen LogP contribution in [0.3, 0.4) is 0 Å². The lowest BCUT2D eigenvalue weighted by atomic mass is 10.1. The molecule has 1 heterocycles. The Hall–Kier alpha value is -0.120. The molecule has 0 amide bonds. The molecule has 0 aromatic rings. The highest BCUT2D eigenvalue weighted by Crippen LogP contribution is 2.26. The van der Waals surface area contributed by atoms with Crippen LogP contribution in [0.1, 0.15) is 46.0 Å². The fourth-order valence-corrected chi connectivity index (χ4v) is 3.57. The third-order valence-electron chi connectivity index (χ3n) is 4.88. The summed E-state index contributed by atoms with van der Waals surface area (Å²) in [5.74, 6) is 0. The van der Waals surface area contributed by atoms with E-state index in [1.807, 2.05) is 0 Å². The zero-order chi connectivity index (χ0) is 13.0. The molecule has 18 heavy (non-hydrogen) atoms. The van der Waals surface area contributed by atoms with E-state index in [1.54, 1.807) is 0 Å². The summed E-state index contributed by atoms with van der Waals surface area (Å²) < 4.78 is 0. The first-order valence-corrected chi connectivity index (χ1v) is 7.92. The number of hydrogen-bond acceptors (Lipinski definition) is 3. The van der Waals surface area contributed by atoms with Crippen molar-refractivity contribution in [2.75, 3.05) is 33.2 Å². The van der Waals surface area contributed by atoms with Crippen LogP contribution in [0, 0.1) is 0 Å². The third-order valence-corrected chi connectivity index (χ3v) is 4.88. The first kappa shape index (κ1) is 14.3. The summed E-state index contributed by atoms with van der Waals surface area (Å²) >= 11 is 0. The third kappa shape index (κ3) is 3.46. The Morgan fingerprint density at radius 2 is 2.00 bits per heavy atom. The van der Waals surface area contributed by atoms with E-state index in [9.17, 15) is 0 Å². The molecule has 106 valence electrons. The summed E-state index contributed by atoms with van der Waals surface area (Å²) in [5, 5.41) is 3.70. The first-order valence-electron chi connectivity index (χ1n) is 7.92. The van der Waals surface area contributed by atoms with E-state index in [-0.39, 0.29) is 0 Å². The van der Waals surface area contributed by atoms with Gasteiger partial charge in [-0.05, 0) is 45.7 Å². The lowest BCUT2D eigenvalue weighted by Gasteiger charge is -2.42. The minimum atomic E-state index is 0.779. The van der Waals surface area contributed by atoms with Crippen molar-refractivity contribution in [3.8, 4) is 0 Å². The van der Waals surface area contributed by atoms with Gasteiger partial charge in [0.1, 0.15) is 0 Å². The predicted molar refractivity (Wildman–Crippen MR) is 78.0 cm³/mol. The van der Waals surface area contributed by atoms with Gasteiger partial charge in [-0.2, -0.15) is 0 Å². The fourth-order valence-electron chi connectivity index (χ4n) is 3.57. The van der Waals surface area contributed by atoms with E-state index in [1.165, 1.54) is 58.3 Å². The summed E-state index contributed by atoms with van der Waals surface area (Å²) in [7, 11) is 2.28. The SMILES string of the molecule is CCCNC1CCC(N2CCN(C)C(CC)C2)C1. The quantitative estimate of drug-likeness (QED) is 0.808. The van der Waals surface area contributed by atoms with Gasteiger partial charge in [0.05, 0.1) is 0 Å². The summed E-state index contributed by atoms with van der Waals surface area (Å²) in [6, 6.07) is 2.41. The monoisotopic (exact) mass is 253 g/mol.